The molecule has 7 nitrogen and oxygen atoms in total. The van der Waals surface area contributed by atoms with Gasteiger partial charge in [-0.05, 0) is 50.4 Å². The second-order valence-electron chi connectivity index (χ2n) is 9.41. The second kappa shape index (κ2) is 9.10. The van der Waals surface area contributed by atoms with Gasteiger partial charge in [0.05, 0.1) is 36.4 Å². The molecule has 1 saturated heterocycles. The largest absolute Gasteiger partial charge is 0.475 e. The molecule has 0 unspecified atom stereocenters. The van der Waals surface area contributed by atoms with Crippen molar-refractivity contribution in [1.29, 1.82) is 0 Å². The molecule has 0 radical (unpaired) electrons. The van der Waals surface area contributed by atoms with Gasteiger partial charge in [-0.2, -0.15) is 14.5 Å². The van der Waals surface area contributed by atoms with Gasteiger partial charge in [-0.15, -0.1) is 0 Å². The summed E-state index contributed by atoms with van der Waals surface area (Å²) in [5, 5.41) is 7.96. The fraction of sp³-hybridized carbons (Fsp3) is 0.696. The van der Waals surface area contributed by atoms with Gasteiger partial charge in [-0.1, -0.05) is 19.8 Å². The Morgan fingerprint density at radius 2 is 1.87 bits per heavy atom. The Bertz CT molecular complexity index is 886. The van der Waals surface area contributed by atoms with Crippen LogP contribution in [0.5, 0.6) is 5.88 Å². The SMILES string of the molecule is CC1CCC(COc2nc(Nc3cnn(C4CCOCC4)c3C3CC3)ncc2F)CC1. The van der Waals surface area contributed by atoms with E-state index in [4.69, 9.17) is 9.47 Å². The molecule has 0 spiro atoms. The lowest BCUT2D eigenvalue weighted by atomic mass is 9.83. The van der Waals surface area contributed by atoms with Crippen molar-refractivity contribution < 1.29 is 13.9 Å². The Morgan fingerprint density at radius 1 is 1.10 bits per heavy atom. The highest BCUT2D eigenvalue weighted by Gasteiger charge is 2.33. The average Bonchev–Trinajstić information content (AvgIpc) is 3.55. The maximum Gasteiger partial charge on any atom is 0.255 e. The van der Waals surface area contributed by atoms with Crippen molar-refractivity contribution in [3.63, 3.8) is 0 Å². The molecule has 8 heteroatoms. The van der Waals surface area contributed by atoms with E-state index in [1.165, 1.54) is 37.6 Å². The minimum absolute atomic E-state index is 0.0286. The zero-order chi connectivity index (χ0) is 21.2. The summed E-state index contributed by atoms with van der Waals surface area (Å²) >= 11 is 0. The van der Waals surface area contributed by atoms with Crippen molar-refractivity contribution >= 4 is 11.6 Å². The molecule has 3 heterocycles. The Labute approximate surface area is 182 Å². The fourth-order valence-electron chi connectivity index (χ4n) is 4.78. The van der Waals surface area contributed by atoms with E-state index in [-0.39, 0.29) is 5.88 Å². The predicted molar refractivity (Wildman–Crippen MR) is 115 cm³/mol. The van der Waals surface area contributed by atoms with Crippen LogP contribution >= 0.6 is 0 Å². The molecule has 2 aliphatic carbocycles. The van der Waals surface area contributed by atoms with Crippen molar-refractivity contribution in [3.05, 3.63) is 23.9 Å². The molecule has 2 saturated carbocycles. The minimum atomic E-state index is -0.518. The average molecular weight is 430 g/mol. The van der Waals surface area contributed by atoms with Gasteiger partial charge in [0.2, 0.25) is 11.8 Å². The van der Waals surface area contributed by atoms with Crippen LogP contribution < -0.4 is 10.1 Å². The van der Waals surface area contributed by atoms with Crippen LogP contribution in [0.3, 0.4) is 0 Å². The Morgan fingerprint density at radius 3 is 2.61 bits per heavy atom. The van der Waals surface area contributed by atoms with Gasteiger partial charge in [0.15, 0.2) is 0 Å². The highest BCUT2D eigenvalue weighted by atomic mass is 19.1. The van der Waals surface area contributed by atoms with E-state index in [1.54, 1.807) is 0 Å². The number of hydrogen-bond donors (Lipinski definition) is 1. The van der Waals surface area contributed by atoms with Crippen molar-refractivity contribution in [2.45, 2.75) is 70.3 Å². The third-order valence-corrected chi connectivity index (χ3v) is 6.88. The molecule has 0 bridgehead atoms. The molecule has 3 aliphatic rings. The van der Waals surface area contributed by atoms with Crippen molar-refractivity contribution in [1.82, 2.24) is 19.7 Å². The van der Waals surface area contributed by atoms with E-state index in [9.17, 15) is 4.39 Å². The molecular formula is C23H32FN5O2. The molecule has 0 amide bonds. The van der Waals surface area contributed by atoms with E-state index in [2.05, 4.69) is 32.0 Å². The van der Waals surface area contributed by atoms with Gasteiger partial charge >= 0.3 is 0 Å². The van der Waals surface area contributed by atoms with Crippen LogP contribution in [0.1, 0.15) is 75.9 Å². The molecular weight excluding hydrogens is 397 g/mol. The maximum atomic E-state index is 14.3. The van der Waals surface area contributed by atoms with Crippen LogP contribution in [0.4, 0.5) is 16.0 Å². The number of halogens is 1. The first-order valence-corrected chi connectivity index (χ1v) is 11.7. The third kappa shape index (κ3) is 4.84. The van der Waals surface area contributed by atoms with Crippen LogP contribution in [0.25, 0.3) is 0 Å². The van der Waals surface area contributed by atoms with Gasteiger partial charge in [0.1, 0.15) is 0 Å². The van der Waals surface area contributed by atoms with Crippen LogP contribution in [0.2, 0.25) is 0 Å². The van der Waals surface area contributed by atoms with E-state index in [0.29, 0.717) is 30.4 Å². The topological polar surface area (TPSA) is 74.1 Å². The van der Waals surface area contributed by atoms with Gasteiger partial charge in [0, 0.05) is 19.1 Å². The highest BCUT2D eigenvalue weighted by molar-refractivity contribution is 5.58. The van der Waals surface area contributed by atoms with E-state index >= 15 is 0 Å². The molecule has 31 heavy (non-hydrogen) atoms. The van der Waals surface area contributed by atoms with Crippen LogP contribution in [0, 0.1) is 17.7 Å². The standard InChI is InChI=1S/C23H32FN5O2/c1-15-2-4-16(5-3-15)14-31-22-19(24)12-25-23(28-22)27-20-13-26-29(21(20)17-6-7-17)18-8-10-30-11-9-18/h12-13,15-18H,2-11,14H2,1H3,(H,25,27,28). The molecule has 1 N–H and O–H groups in total. The Kier molecular flexibility index (Phi) is 6.07. The van der Waals surface area contributed by atoms with E-state index < -0.39 is 5.82 Å². The first-order valence-electron chi connectivity index (χ1n) is 11.7. The number of aromatic nitrogens is 4. The van der Waals surface area contributed by atoms with Crippen molar-refractivity contribution in [3.8, 4) is 5.88 Å². The molecule has 168 valence electrons. The first-order chi connectivity index (χ1) is 15.2. The molecule has 2 aromatic heterocycles. The Balaban J connectivity index is 1.29. The quantitative estimate of drug-likeness (QED) is 0.668. The van der Waals surface area contributed by atoms with Gasteiger partial charge < -0.3 is 14.8 Å². The normalized spacial score (nSPS) is 24.8. The molecule has 5 rings (SSSR count). The van der Waals surface area contributed by atoms with Gasteiger partial charge in [-0.3, -0.25) is 4.68 Å². The lowest BCUT2D eigenvalue weighted by molar-refractivity contribution is 0.0654. The first kappa shape index (κ1) is 20.7. The second-order valence-corrected chi connectivity index (χ2v) is 9.41. The molecule has 0 aromatic carbocycles. The Hall–Kier alpha value is -2.22. The van der Waals surface area contributed by atoms with Crippen molar-refractivity contribution in [2.75, 3.05) is 25.1 Å². The summed E-state index contributed by atoms with van der Waals surface area (Å²) in [5.74, 6) is 1.63. The molecule has 0 atom stereocenters. The summed E-state index contributed by atoms with van der Waals surface area (Å²) in [6.45, 7) is 4.35. The molecule has 3 fully saturated rings. The smallest absolute Gasteiger partial charge is 0.255 e. The van der Waals surface area contributed by atoms with Gasteiger partial charge in [-0.25, -0.2) is 4.98 Å². The van der Waals surface area contributed by atoms with Gasteiger partial charge in [0.25, 0.3) is 5.88 Å². The number of hydrogen-bond acceptors (Lipinski definition) is 6. The van der Waals surface area contributed by atoms with E-state index in [1.807, 2.05) is 6.20 Å². The monoisotopic (exact) mass is 429 g/mol. The number of nitrogens with zero attached hydrogens (tertiary/aromatic N) is 4. The van der Waals surface area contributed by atoms with Crippen LogP contribution in [0.15, 0.2) is 12.4 Å². The fourth-order valence-corrected chi connectivity index (χ4v) is 4.78. The number of ether oxygens (including phenoxy) is 2. The van der Waals surface area contributed by atoms with Crippen LogP contribution in [-0.4, -0.2) is 39.6 Å². The maximum absolute atomic E-state index is 14.3. The third-order valence-electron chi connectivity index (χ3n) is 6.88. The number of rotatable bonds is 7. The van der Waals surface area contributed by atoms with Crippen molar-refractivity contribution in [2.24, 2.45) is 11.8 Å². The number of anilines is 2. The zero-order valence-corrected chi connectivity index (χ0v) is 18.2. The lowest BCUT2D eigenvalue weighted by Crippen LogP contribution is -2.22. The zero-order valence-electron chi connectivity index (χ0n) is 18.2. The summed E-state index contributed by atoms with van der Waals surface area (Å²) in [6.07, 6.45) is 12.0. The summed E-state index contributed by atoms with van der Waals surface area (Å²) < 4.78 is 27.7. The van der Waals surface area contributed by atoms with E-state index in [0.717, 1.165) is 50.5 Å². The summed E-state index contributed by atoms with van der Waals surface area (Å²) in [5.41, 5.74) is 2.12. The summed E-state index contributed by atoms with van der Waals surface area (Å²) in [6, 6.07) is 0.367. The summed E-state index contributed by atoms with van der Waals surface area (Å²) in [7, 11) is 0. The van der Waals surface area contributed by atoms with Crippen LogP contribution in [-0.2, 0) is 4.74 Å². The highest BCUT2D eigenvalue weighted by Crippen LogP contribution is 2.45. The predicted octanol–water partition coefficient (Wildman–Crippen LogP) is 4.99. The minimum Gasteiger partial charge on any atom is -0.475 e. The number of nitrogens with one attached hydrogen (secondary N) is 1. The summed E-state index contributed by atoms with van der Waals surface area (Å²) in [4.78, 5) is 8.48. The molecule has 1 aliphatic heterocycles. The lowest BCUT2D eigenvalue weighted by Gasteiger charge is -2.25. The molecule has 2 aromatic rings.